The van der Waals surface area contributed by atoms with E-state index in [0.29, 0.717) is 28.9 Å². The highest BCUT2D eigenvalue weighted by molar-refractivity contribution is 6.29. The highest BCUT2D eigenvalue weighted by Crippen LogP contribution is 2.52. The summed E-state index contributed by atoms with van der Waals surface area (Å²) in [5, 5.41) is 0.360. The second-order valence-corrected chi connectivity index (χ2v) is 10.8. The van der Waals surface area contributed by atoms with Crippen LogP contribution in [0.15, 0.2) is 42.6 Å². The van der Waals surface area contributed by atoms with E-state index in [0.717, 1.165) is 24.9 Å². The molecular formula is C25H30ClN3O2. The summed E-state index contributed by atoms with van der Waals surface area (Å²) in [6.07, 6.45) is 4.82. The van der Waals surface area contributed by atoms with Gasteiger partial charge in [0.25, 0.3) is 11.8 Å². The van der Waals surface area contributed by atoms with E-state index in [9.17, 15) is 9.59 Å². The van der Waals surface area contributed by atoms with Gasteiger partial charge in [-0.2, -0.15) is 0 Å². The van der Waals surface area contributed by atoms with Crippen molar-refractivity contribution >= 4 is 23.4 Å². The van der Waals surface area contributed by atoms with Crippen LogP contribution in [0.1, 0.15) is 66.3 Å². The summed E-state index contributed by atoms with van der Waals surface area (Å²) in [7, 11) is 1.75. The fraction of sp³-hybridized carbons (Fsp3) is 0.480. The zero-order chi connectivity index (χ0) is 22.4. The first-order chi connectivity index (χ1) is 14.6. The van der Waals surface area contributed by atoms with Gasteiger partial charge in [0.05, 0.1) is 5.56 Å². The third-order valence-electron chi connectivity index (χ3n) is 6.62. The van der Waals surface area contributed by atoms with Gasteiger partial charge in [-0.05, 0) is 59.9 Å². The van der Waals surface area contributed by atoms with Crippen LogP contribution in [0.4, 0.5) is 0 Å². The zero-order valence-corrected chi connectivity index (χ0v) is 19.4. The van der Waals surface area contributed by atoms with Crippen molar-refractivity contribution in [2.45, 2.75) is 52.6 Å². The van der Waals surface area contributed by atoms with Crippen LogP contribution in [-0.4, -0.2) is 46.2 Å². The Morgan fingerprint density at radius 3 is 2.42 bits per heavy atom. The molecule has 2 aromatic rings. The molecule has 1 aliphatic carbocycles. The lowest BCUT2D eigenvalue weighted by molar-refractivity contribution is 0.0707. The number of hydrogen-bond acceptors (Lipinski definition) is 3. The van der Waals surface area contributed by atoms with Gasteiger partial charge < -0.3 is 9.80 Å². The number of benzene rings is 1. The molecule has 164 valence electrons. The Kier molecular flexibility index (Phi) is 5.59. The van der Waals surface area contributed by atoms with Crippen LogP contribution < -0.4 is 0 Å². The first-order valence-electron chi connectivity index (χ1n) is 10.8. The van der Waals surface area contributed by atoms with E-state index >= 15 is 0 Å². The molecular weight excluding hydrogens is 410 g/mol. The molecule has 2 bridgehead atoms. The maximum absolute atomic E-state index is 13.2. The molecule has 2 aliphatic rings. The number of halogens is 1. The molecule has 1 saturated heterocycles. The molecule has 0 radical (unpaired) electrons. The van der Waals surface area contributed by atoms with E-state index in [1.165, 1.54) is 12.6 Å². The number of nitrogens with zero attached hydrogens (tertiary/aromatic N) is 3. The molecule has 31 heavy (non-hydrogen) atoms. The van der Waals surface area contributed by atoms with Crippen molar-refractivity contribution in [1.29, 1.82) is 0 Å². The van der Waals surface area contributed by atoms with Gasteiger partial charge in [0.1, 0.15) is 5.15 Å². The van der Waals surface area contributed by atoms with Crippen molar-refractivity contribution in [3.05, 3.63) is 64.4 Å². The van der Waals surface area contributed by atoms with E-state index in [-0.39, 0.29) is 22.6 Å². The van der Waals surface area contributed by atoms with Gasteiger partial charge >= 0.3 is 0 Å². The van der Waals surface area contributed by atoms with Crippen molar-refractivity contribution in [2.75, 3.05) is 13.6 Å². The van der Waals surface area contributed by atoms with Gasteiger partial charge in [-0.25, -0.2) is 4.98 Å². The largest absolute Gasteiger partial charge is 0.337 e. The molecule has 5 nitrogen and oxygen atoms in total. The summed E-state index contributed by atoms with van der Waals surface area (Å²) in [6.45, 7) is 8.25. The number of aromatic nitrogens is 1. The number of likely N-dealkylation sites (tertiary alicyclic amines) is 1. The summed E-state index contributed by atoms with van der Waals surface area (Å²) in [6, 6.07) is 11.3. The minimum Gasteiger partial charge on any atom is -0.337 e. The van der Waals surface area contributed by atoms with E-state index < -0.39 is 0 Å². The Balaban J connectivity index is 1.42. The monoisotopic (exact) mass is 439 g/mol. The number of rotatable bonds is 4. The van der Waals surface area contributed by atoms with Crippen LogP contribution in [-0.2, 0) is 6.54 Å². The Morgan fingerprint density at radius 2 is 1.77 bits per heavy atom. The van der Waals surface area contributed by atoms with Gasteiger partial charge in [-0.15, -0.1) is 0 Å². The van der Waals surface area contributed by atoms with Crippen LogP contribution in [0.3, 0.4) is 0 Å². The molecule has 0 spiro atoms. The van der Waals surface area contributed by atoms with E-state index in [1.807, 2.05) is 24.3 Å². The van der Waals surface area contributed by atoms with Crippen molar-refractivity contribution in [1.82, 2.24) is 14.8 Å². The van der Waals surface area contributed by atoms with Crippen molar-refractivity contribution in [3.63, 3.8) is 0 Å². The van der Waals surface area contributed by atoms with E-state index in [1.54, 1.807) is 24.1 Å². The maximum atomic E-state index is 13.2. The second kappa shape index (κ2) is 7.94. The Morgan fingerprint density at radius 1 is 1.10 bits per heavy atom. The fourth-order valence-electron chi connectivity index (χ4n) is 5.68. The number of fused-ring (bicyclic) bond motifs is 2. The van der Waals surface area contributed by atoms with Crippen LogP contribution in [0.5, 0.6) is 0 Å². The van der Waals surface area contributed by atoms with Gasteiger partial charge in [0.15, 0.2) is 0 Å². The smallest absolute Gasteiger partial charge is 0.255 e. The molecule has 2 heterocycles. The van der Waals surface area contributed by atoms with E-state index in [4.69, 9.17) is 11.6 Å². The molecule has 0 N–H and O–H groups in total. The summed E-state index contributed by atoms with van der Waals surface area (Å²) in [4.78, 5) is 33.5. The first kappa shape index (κ1) is 21.8. The standard InChI is InChI=1S/C25H30ClN3O2/c1-24(2)11-20-12-25(3,15-24)16-29(20)23(31)18-7-5-17(6-8-18)14-28(4)22(30)19-9-10-21(26)27-13-19/h5-10,13,20H,11-12,14-16H2,1-4H3. The quantitative estimate of drug-likeness (QED) is 0.626. The molecule has 1 aromatic heterocycles. The lowest BCUT2D eigenvalue weighted by atomic mass is 9.65. The second-order valence-electron chi connectivity index (χ2n) is 10.4. The van der Waals surface area contributed by atoms with Gasteiger partial charge in [-0.1, -0.05) is 44.5 Å². The molecule has 2 amide bonds. The first-order valence-corrected chi connectivity index (χ1v) is 11.2. The lowest BCUT2D eigenvalue weighted by Crippen LogP contribution is -2.37. The normalized spacial score (nSPS) is 24.2. The Labute approximate surface area is 189 Å². The number of pyridine rings is 1. The fourth-order valence-corrected chi connectivity index (χ4v) is 5.80. The lowest BCUT2D eigenvalue weighted by Gasteiger charge is -2.39. The van der Waals surface area contributed by atoms with Crippen LogP contribution >= 0.6 is 11.6 Å². The predicted molar refractivity (Wildman–Crippen MR) is 122 cm³/mol. The van der Waals surface area contributed by atoms with Crippen molar-refractivity contribution in [3.8, 4) is 0 Å². The molecule has 4 rings (SSSR count). The number of carbonyl (C=O) groups is 2. The average Bonchev–Trinajstić information content (AvgIpc) is 2.96. The number of amides is 2. The molecule has 2 unspecified atom stereocenters. The molecule has 6 heteroatoms. The topological polar surface area (TPSA) is 53.5 Å². The minimum atomic E-state index is -0.121. The highest BCUT2D eigenvalue weighted by atomic mass is 35.5. The average molecular weight is 440 g/mol. The molecule has 1 saturated carbocycles. The SMILES string of the molecule is CN(Cc1ccc(C(=O)N2CC3(C)CC2CC(C)(C)C3)cc1)C(=O)c1ccc(Cl)nc1. The molecule has 1 aliphatic heterocycles. The summed E-state index contributed by atoms with van der Waals surface area (Å²) in [5.74, 6) is -0.000774. The van der Waals surface area contributed by atoms with Crippen LogP contribution in [0.25, 0.3) is 0 Å². The zero-order valence-electron chi connectivity index (χ0n) is 18.7. The molecule has 2 fully saturated rings. The number of hydrogen-bond donors (Lipinski definition) is 0. The Bertz CT molecular complexity index is 987. The highest BCUT2D eigenvalue weighted by Gasteiger charge is 2.50. The third kappa shape index (κ3) is 4.62. The third-order valence-corrected chi connectivity index (χ3v) is 6.84. The molecule has 1 aromatic carbocycles. The van der Waals surface area contributed by atoms with Crippen LogP contribution in [0, 0.1) is 10.8 Å². The van der Waals surface area contributed by atoms with E-state index in [2.05, 4.69) is 30.7 Å². The number of carbonyl (C=O) groups excluding carboxylic acids is 2. The minimum absolute atomic E-state index is 0.120. The maximum Gasteiger partial charge on any atom is 0.255 e. The van der Waals surface area contributed by atoms with Gasteiger partial charge in [0, 0.05) is 37.9 Å². The molecule has 2 atom stereocenters. The summed E-state index contributed by atoms with van der Waals surface area (Å²) >= 11 is 5.80. The predicted octanol–water partition coefficient (Wildman–Crippen LogP) is 5.05. The Hall–Kier alpha value is -2.40. The summed E-state index contributed by atoms with van der Waals surface area (Å²) < 4.78 is 0. The summed E-state index contributed by atoms with van der Waals surface area (Å²) in [5.41, 5.74) is 2.70. The van der Waals surface area contributed by atoms with Crippen molar-refractivity contribution < 1.29 is 9.59 Å². The van der Waals surface area contributed by atoms with Gasteiger partial charge in [-0.3, -0.25) is 9.59 Å². The van der Waals surface area contributed by atoms with Crippen LogP contribution in [0.2, 0.25) is 5.15 Å². The van der Waals surface area contributed by atoms with Gasteiger partial charge in [0.2, 0.25) is 0 Å². The van der Waals surface area contributed by atoms with Crippen molar-refractivity contribution in [2.24, 2.45) is 10.8 Å².